The molecule has 0 aliphatic rings. The van der Waals surface area contributed by atoms with Gasteiger partial charge in [-0.3, -0.25) is 0 Å². The second kappa shape index (κ2) is 9.26. The van der Waals surface area contributed by atoms with E-state index < -0.39 is 10.0 Å². The fourth-order valence-corrected chi connectivity index (χ4v) is 2.60. The maximum absolute atomic E-state index is 11.2. The highest BCUT2D eigenvalue weighted by Crippen LogP contribution is 2.16. The lowest BCUT2D eigenvalue weighted by molar-refractivity contribution is 0.146. The molecule has 2 rings (SSSR count). The molecule has 0 amide bonds. The van der Waals surface area contributed by atoms with Gasteiger partial charge in [0.1, 0.15) is 12.4 Å². The Kier molecular flexibility index (Phi) is 7.05. The lowest BCUT2D eigenvalue weighted by Gasteiger charge is -2.10. The van der Waals surface area contributed by atoms with Crippen LogP contribution in [0.2, 0.25) is 0 Å². The van der Waals surface area contributed by atoms with Crippen molar-refractivity contribution in [1.82, 2.24) is 0 Å². The number of nitrogens with two attached hydrogens (primary N) is 1. The molecular weight excluding hydrogens is 342 g/mol. The summed E-state index contributed by atoms with van der Waals surface area (Å²) in [5, 5.41) is 11.6. The Balaban J connectivity index is 1.72. The molecule has 0 bridgehead atoms. The molecule has 0 aromatic heterocycles. The average Bonchev–Trinajstić information content (AvgIpc) is 2.60. The molecule has 0 fully saturated rings. The van der Waals surface area contributed by atoms with Crippen LogP contribution in [0.25, 0.3) is 0 Å². The van der Waals surface area contributed by atoms with E-state index in [2.05, 4.69) is 10.6 Å². The number of anilines is 2. The molecule has 8 heteroatoms. The lowest BCUT2D eigenvalue weighted by Crippen LogP contribution is -2.14. The Hall–Kier alpha value is -2.29. The molecule has 0 atom stereocenters. The van der Waals surface area contributed by atoms with Crippen LogP contribution in [0.3, 0.4) is 0 Å². The van der Waals surface area contributed by atoms with E-state index in [0.29, 0.717) is 26.3 Å². The van der Waals surface area contributed by atoms with Crippen molar-refractivity contribution in [2.45, 2.75) is 4.90 Å². The molecule has 0 aliphatic heterocycles. The standard InChI is InChI=1S/C17H23N3O4S/c1-23-12-13-24-16-6-2-14(3-7-16)19-10-11-20-15-4-8-17(9-5-15)25(18,21)22/h2-9,19-20H,10-13H2,1H3,(H2,18,21,22). The number of methoxy groups -OCH3 is 1. The highest BCUT2D eigenvalue weighted by molar-refractivity contribution is 7.89. The molecule has 0 radical (unpaired) electrons. The van der Waals surface area contributed by atoms with E-state index >= 15 is 0 Å². The highest BCUT2D eigenvalue weighted by Gasteiger charge is 2.06. The zero-order valence-electron chi connectivity index (χ0n) is 14.1. The Morgan fingerprint density at radius 3 is 1.88 bits per heavy atom. The summed E-state index contributed by atoms with van der Waals surface area (Å²) in [6, 6.07) is 14.0. The maximum atomic E-state index is 11.2. The van der Waals surface area contributed by atoms with Crippen LogP contribution < -0.4 is 20.5 Å². The van der Waals surface area contributed by atoms with Crippen molar-refractivity contribution in [2.75, 3.05) is 44.0 Å². The number of nitrogens with one attached hydrogen (secondary N) is 2. The molecule has 0 heterocycles. The number of rotatable bonds is 10. The van der Waals surface area contributed by atoms with Crippen LogP contribution >= 0.6 is 0 Å². The highest BCUT2D eigenvalue weighted by atomic mass is 32.2. The van der Waals surface area contributed by atoms with Crippen molar-refractivity contribution in [2.24, 2.45) is 5.14 Å². The zero-order valence-corrected chi connectivity index (χ0v) is 14.9. The lowest BCUT2D eigenvalue weighted by atomic mass is 10.3. The monoisotopic (exact) mass is 365 g/mol. The molecule has 0 saturated carbocycles. The number of benzene rings is 2. The Labute approximate surface area is 148 Å². The average molecular weight is 365 g/mol. The Morgan fingerprint density at radius 1 is 0.880 bits per heavy atom. The fraction of sp³-hybridized carbons (Fsp3) is 0.294. The molecule has 2 aromatic rings. The van der Waals surface area contributed by atoms with Gasteiger partial charge in [0.25, 0.3) is 0 Å². The van der Waals surface area contributed by atoms with Crippen LogP contribution in [-0.4, -0.2) is 41.8 Å². The molecule has 25 heavy (non-hydrogen) atoms. The van der Waals surface area contributed by atoms with E-state index in [9.17, 15) is 8.42 Å². The van der Waals surface area contributed by atoms with E-state index in [-0.39, 0.29) is 4.90 Å². The third-order valence-corrected chi connectivity index (χ3v) is 4.31. The number of primary sulfonamides is 1. The van der Waals surface area contributed by atoms with E-state index in [0.717, 1.165) is 17.1 Å². The van der Waals surface area contributed by atoms with Crippen LogP contribution in [0.4, 0.5) is 11.4 Å². The van der Waals surface area contributed by atoms with Crippen LogP contribution in [-0.2, 0) is 14.8 Å². The SMILES string of the molecule is COCCOc1ccc(NCCNc2ccc(S(N)(=O)=O)cc2)cc1. The summed E-state index contributed by atoms with van der Waals surface area (Å²) in [7, 11) is -2.01. The molecule has 2 aromatic carbocycles. The van der Waals surface area contributed by atoms with Gasteiger partial charge in [-0.2, -0.15) is 0 Å². The summed E-state index contributed by atoms with van der Waals surface area (Å²) in [6.45, 7) is 2.48. The van der Waals surface area contributed by atoms with Gasteiger partial charge in [0.2, 0.25) is 10.0 Å². The molecule has 0 spiro atoms. The molecule has 7 nitrogen and oxygen atoms in total. The van der Waals surface area contributed by atoms with Gasteiger partial charge in [-0.15, -0.1) is 0 Å². The second-order valence-corrected chi connectivity index (χ2v) is 6.85. The molecule has 0 saturated heterocycles. The summed E-state index contributed by atoms with van der Waals surface area (Å²) in [4.78, 5) is 0.101. The molecular formula is C17H23N3O4S. The van der Waals surface area contributed by atoms with Crippen LogP contribution in [0, 0.1) is 0 Å². The number of ether oxygens (including phenoxy) is 2. The molecule has 4 N–H and O–H groups in total. The van der Waals surface area contributed by atoms with E-state index in [1.165, 1.54) is 12.1 Å². The smallest absolute Gasteiger partial charge is 0.238 e. The summed E-state index contributed by atoms with van der Waals surface area (Å²) < 4.78 is 32.8. The third kappa shape index (κ3) is 6.61. The van der Waals surface area contributed by atoms with Gasteiger partial charge in [0, 0.05) is 31.6 Å². The third-order valence-electron chi connectivity index (χ3n) is 3.38. The quantitative estimate of drug-likeness (QED) is 0.556. The van der Waals surface area contributed by atoms with Gasteiger partial charge in [0.15, 0.2) is 0 Å². The predicted molar refractivity (Wildman–Crippen MR) is 98.6 cm³/mol. The first-order valence-corrected chi connectivity index (χ1v) is 9.36. The van der Waals surface area contributed by atoms with Crippen molar-refractivity contribution < 1.29 is 17.9 Å². The number of hydrogen-bond acceptors (Lipinski definition) is 6. The topological polar surface area (TPSA) is 103 Å². The van der Waals surface area contributed by atoms with Gasteiger partial charge in [0.05, 0.1) is 11.5 Å². The summed E-state index contributed by atoms with van der Waals surface area (Å²) >= 11 is 0. The predicted octanol–water partition coefficient (Wildman–Crippen LogP) is 1.88. The van der Waals surface area contributed by atoms with E-state index in [4.69, 9.17) is 14.6 Å². The fourth-order valence-electron chi connectivity index (χ4n) is 2.09. The van der Waals surface area contributed by atoms with E-state index in [1.54, 1.807) is 19.2 Å². The first-order chi connectivity index (χ1) is 12.0. The van der Waals surface area contributed by atoms with Gasteiger partial charge in [-0.05, 0) is 48.5 Å². The minimum atomic E-state index is -3.65. The number of hydrogen-bond donors (Lipinski definition) is 3. The van der Waals surface area contributed by atoms with Crippen LogP contribution in [0.5, 0.6) is 5.75 Å². The van der Waals surface area contributed by atoms with Crippen molar-refractivity contribution in [3.05, 3.63) is 48.5 Å². The van der Waals surface area contributed by atoms with Gasteiger partial charge >= 0.3 is 0 Å². The van der Waals surface area contributed by atoms with E-state index in [1.807, 2.05) is 24.3 Å². The molecule has 0 unspecified atom stereocenters. The first kappa shape index (κ1) is 19.0. The second-order valence-electron chi connectivity index (χ2n) is 5.29. The Morgan fingerprint density at radius 2 is 1.40 bits per heavy atom. The Bertz CT molecular complexity index is 746. The van der Waals surface area contributed by atoms with Crippen molar-refractivity contribution in [3.63, 3.8) is 0 Å². The summed E-state index contributed by atoms with van der Waals surface area (Å²) in [6.07, 6.45) is 0. The van der Waals surface area contributed by atoms with Crippen molar-refractivity contribution in [3.8, 4) is 5.75 Å². The first-order valence-electron chi connectivity index (χ1n) is 7.81. The van der Waals surface area contributed by atoms with Gasteiger partial charge in [-0.25, -0.2) is 13.6 Å². The normalized spacial score (nSPS) is 11.1. The van der Waals surface area contributed by atoms with Crippen LogP contribution in [0.1, 0.15) is 0 Å². The largest absolute Gasteiger partial charge is 0.491 e. The number of sulfonamides is 1. The summed E-state index contributed by atoms with van der Waals surface area (Å²) in [5.41, 5.74) is 1.82. The molecule has 136 valence electrons. The van der Waals surface area contributed by atoms with Crippen LogP contribution in [0.15, 0.2) is 53.4 Å². The maximum Gasteiger partial charge on any atom is 0.238 e. The molecule has 0 aliphatic carbocycles. The van der Waals surface area contributed by atoms with Crippen molar-refractivity contribution in [1.29, 1.82) is 0 Å². The minimum absolute atomic E-state index is 0.101. The summed E-state index contributed by atoms with van der Waals surface area (Å²) in [5.74, 6) is 0.802. The minimum Gasteiger partial charge on any atom is -0.491 e. The van der Waals surface area contributed by atoms with Gasteiger partial charge < -0.3 is 20.1 Å². The van der Waals surface area contributed by atoms with Gasteiger partial charge in [-0.1, -0.05) is 0 Å². The zero-order chi connectivity index (χ0) is 18.1. The van der Waals surface area contributed by atoms with Crippen molar-refractivity contribution >= 4 is 21.4 Å².